The molecular weight excluding hydrogens is 2130 g/mol. The van der Waals surface area contributed by atoms with Crippen molar-refractivity contribution in [2.45, 2.75) is 0 Å². The summed E-state index contributed by atoms with van der Waals surface area (Å²) in [5.41, 5.74) is 24.0. The summed E-state index contributed by atoms with van der Waals surface area (Å²) in [5, 5.41) is 18.9. The van der Waals surface area contributed by atoms with Crippen molar-refractivity contribution in [3.8, 4) is 114 Å². The monoisotopic (exact) mass is 2190 g/mol. The van der Waals surface area contributed by atoms with Crippen LogP contribution in [0.15, 0.2) is 326 Å². The predicted molar refractivity (Wildman–Crippen MR) is 484 cm³/mol. The molecule has 0 N–H and O–H groups in total. The van der Waals surface area contributed by atoms with Gasteiger partial charge in [0.1, 0.15) is 15.0 Å². The van der Waals surface area contributed by atoms with Crippen molar-refractivity contribution in [3.05, 3.63) is 363 Å². The quantitative estimate of drug-likeness (QED) is 0.110. The van der Waals surface area contributed by atoms with Crippen molar-refractivity contribution in [2.24, 2.45) is 0 Å². The van der Waals surface area contributed by atoms with Crippen LogP contribution < -0.4 is 0 Å². The number of aromatic nitrogens is 12. The largest absolute Gasteiger partial charge is 2.00 e. The van der Waals surface area contributed by atoms with Crippen LogP contribution in [0, 0.1) is 36.4 Å². The summed E-state index contributed by atoms with van der Waals surface area (Å²) in [6.07, 6.45) is 11.0. The molecule has 0 saturated heterocycles. The maximum absolute atomic E-state index is 5.01. The number of hydrogen-bond donors (Lipinski definition) is 0. The Kier molecular flexibility index (Phi) is 21.9. The molecule has 0 saturated carbocycles. The van der Waals surface area contributed by atoms with Gasteiger partial charge in [0.05, 0.1) is 21.3 Å². The number of fused-ring (bicyclic) bond motifs is 12. The van der Waals surface area contributed by atoms with E-state index in [2.05, 4.69) is 298 Å². The Balaban J connectivity index is 0.000000118. The molecule has 24 rings (SSSR count). The molecule has 24 aromatic rings. The summed E-state index contributed by atoms with van der Waals surface area (Å²) in [4.78, 5) is 42.0. The van der Waals surface area contributed by atoms with Gasteiger partial charge in [-0.3, -0.25) is 15.0 Å². The van der Waals surface area contributed by atoms with Crippen LogP contribution in [0.3, 0.4) is 0 Å². The molecule has 0 radical (unpaired) electrons. The Hall–Kier alpha value is -11.9. The fraction of sp³-hybridized carbons (Fsp3) is 0. The Bertz CT molecular complexity index is 7550. The average Bonchev–Trinajstić information content (AvgIpc) is 1.60. The number of benzene rings is 12. The minimum atomic E-state index is 0. The van der Waals surface area contributed by atoms with Crippen molar-refractivity contribution < 1.29 is 63.2 Å². The predicted octanol–water partition coefficient (Wildman–Crippen LogP) is 26.5. The zero-order chi connectivity index (χ0) is 77.3. The number of rotatable bonds is 12. The zero-order valence-corrected chi connectivity index (χ0v) is 74.2. The van der Waals surface area contributed by atoms with E-state index in [1.165, 1.54) is 16.2 Å². The van der Waals surface area contributed by atoms with Gasteiger partial charge in [-0.1, -0.05) is 125 Å². The van der Waals surface area contributed by atoms with Gasteiger partial charge in [0.25, 0.3) is 0 Å². The van der Waals surface area contributed by atoms with Gasteiger partial charge < -0.3 is 28.7 Å². The van der Waals surface area contributed by atoms with Gasteiger partial charge in [-0.2, -0.15) is 34.0 Å². The van der Waals surface area contributed by atoms with Crippen molar-refractivity contribution >= 4 is 164 Å². The maximum Gasteiger partial charge on any atom is 2.00 e. The summed E-state index contributed by atoms with van der Waals surface area (Å²) in [7, 11) is 0. The molecule has 12 aromatic carbocycles. The number of pyridine rings is 3. The van der Waals surface area contributed by atoms with Crippen LogP contribution in [0.2, 0.25) is 0 Å². The van der Waals surface area contributed by atoms with E-state index >= 15 is 0 Å². The summed E-state index contributed by atoms with van der Waals surface area (Å²) in [6, 6.07) is 116. The van der Waals surface area contributed by atoms with E-state index in [0.717, 1.165) is 194 Å². The molecule has 120 heavy (non-hydrogen) atoms. The topological polar surface area (TPSA) is 131 Å². The third kappa shape index (κ3) is 14.6. The Morgan fingerprint density at radius 1 is 0.250 bits per heavy atom. The van der Waals surface area contributed by atoms with E-state index < -0.39 is 0 Å². The first-order valence-corrected chi connectivity index (χ1v) is 42.7. The Morgan fingerprint density at radius 2 is 0.650 bits per heavy atom. The van der Waals surface area contributed by atoms with Gasteiger partial charge in [-0.05, 0) is 140 Å². The van der Waals surface area contributed by atoms with Gasteiger partial charge >= 0.3 is 63.2 Å². The third-order valence-corrected chi connectivity index (χ3v) is 26.2. The van der Waals surface area contributed by atoms with Crippen LogP contribution in [0.1, 0.15) is 0 Å². The van der Waals surface area contributed by atoms with Crippen molar-refractivity contribution in [1.29, 1.82) is 0 Å². The smallest absolute Gasteiger partial charge is 0.346 e. The van der Waals surface area contributed by atoms with Crippen LogP contribution in [-0.4, -0.2) is 58.6 Å². The molecule has 12 aromatic heterocycles. The molecule has 12 nitrogen and oxygen atoms in total. The molecule has 0 bridgehead atoms. The van der Waals surface area contributed by atoms with Gasteiger partial charge in [0.2, 0.25) is 0 Å². The molecule has 0 aliphatic heterocycles. The molecule has 0 aliphatic carbocycles. The number of para-hydroxylation sites is 3. The standard InChI is InChI=1S/3C33H18N4S2.3Pt/c1-2-13-29-24(9-1)25-15-14-22(32-36-28-12-6-10-26(31(28)39-32)33-35-17-18-38-33)20-30(25)37(29)23-8-5-7-21(19-23)27-11-3-4-16-34-27;1-2-10-29-25(8-1)26-13-11-23(33-36-28-19-22(12-14-31(28)39-33)32-35-16-17-38-32)20-30(26)37(29)24-7-5-6-21(18-24)27-9-3-4-15-34-27;1-2-10-29-25(8-1)26-13-11-22(33-36-28-14-12-23(20-31(28)39-33)32-35-16-17-38-32)19-30(26)37(29)24-7-5-6-21(18-24)27-9-3-4-15-34-27;;;/h1-18H;1-17,19H;1-17,20H;;;/q3*-2;3*+2. The molecule has 21 heteroatoms. The second-order valence-electron chi connectivity index (χ2n) is 27.5. The minimum absolute atomic E-state index is 0. The first kappa shape index (κ1) is 78.0. The van der Waals surface area contributed by atoms with E-state index in [0.29, 0.717) is 0 Å². The molecule has 0 unspecified atom stereocenters. The zero-order valence-electron chi connectivity index (χ0n) is 62.4. The third-order valence-electron chi connectivity index (χ3n) is 20.5. The van der Waals surface area contributed by atoms with E-state index in [4.69, 9.17) is 15.0 Å². The SMILES string of the molecule is [Pt+2].[Pt+2].[Pt+2].[c-]1c(-c2ccccn2)cccc1-n1c2[c-]c(-c3nc4cc(-c5nccs5)ccc4s3)ccc2c2ccccc21.[c-]1c(-c2ccccn2)cccc1-n1c2[c-]c(-c3nc4ccc(-c5nccs5)cc4s3)ccc2c2ccccc21.[c-]1c(-c2ccccn2)cccc1-n1c2[c-]c(-c3nc4cccc(-c5nccs5)c4s3)ccc2c2ccccc21. The Labute approximate surface area is 755 Å². The second-order valence-corrected chi connectivity index (χ2v) is 33.3. The normalized spacial score (nSPS) is 11.3. The van der Waals surface area contributed by atoms with E-state index in [1.54, 1.807) is 68.0 Å². The fourth-order valence-electron chi connectivity index (χ4n) is 15.2. The van der Waals surface area contributed by atoms with Crippen molar-refractivity contribution in [1.82, 2.24) is 58.6 Å². The van der Waals surface area contributed by atoms with Gasteiger partial charge in [-0.15, -0.1) is 195 Å². The van der Waals surface area contributed by atoms with Gasteiger partial charge in [0.15, 0.2) is 0 Å². The molecule has 0 atom stereocenters. The molecular formula is C99H54N12Pt3S6. The molecule has 0 amide bonds. The van der Waals surface area contributed by atoms with E-state index in [9.17, 15) is 0 Å². The van der Waals surface area contributed by atoms with Gasteiger partial charge in [-0.25, -0.2) is 15.0 Å². The molecule has 12 heterocycles. The van der Waals surface area contributed by atoms with E-state index in [1.807, 2.05) is 108 Å². The molecule has 0 spiro atoms. The molecule has 0 aliphatic rings. The maximum atomic E-state index is 5.01. The minimum Gasteiger partial charge on any atom is -0.346 e. The number of nitrogens with zero attached hydrogens (tertiary/aromatic N) is 12. The number of thiazole rings is 6. The number of hydrogen-bond acceptors (Lipinski definition) is 15. The van der Waals surface area contributed by atoms with Crippen molar-refractivity contribution in [3.63, 3.8) is 0 Å². The summed E-state index contributed by atoms with van der Waals surface area (Å²) >= 11 is 10.0. The summed E-state index contributed by atoms with van der Waals surface area (Å²) in [6.45, 7) is 0. The van der Waals surface area contributed by atoms with Crippen molar-refractivity contribution in [2.75, 3.05) is 0 Å². The summed E-state index contributed by atoms with van der Waals surface area (Å²) in [5.74, 6) is 0. The van der Waals surface area contributed by atoms with Gasteiger partial charge in [0, 0.05) is 111 Å². The van der Waals surface area contributed by atoms with Crippen LogP contribution in [0.25, 0.3) is 210 Å². The van der Waals surface area contributed by atoms with Crippen LogP contribution in [0.4, 0.5) is 0 Å². The molecule has 576 valence electrons. The van der Waals surface area contributed by atoms with Crippen LogP contribution in [-0.2, 0) is 63.2 Å². The first-order chi connectivity index (χ1) is 58.0. The Morgan fingerprint density at radius 3 is 1.10 bits per heavy atom. The average molecular weight is 2190 g/mol. The van der Waals surface area contributed by atoms with E-state index in [-0.39, 0.29) is 63.2 Å². The second kappa shape index (κ2) is 33.7. The van der Waals surface area contributed by atoms with Crippen LogP contribution in [0.5, 0.6) is 0 Å². The summed E-state index contributed by atoms with van der Waals surface area (Å²) < 4.78 is 10.2. The molecule has 0 fully saturated rings. The fourth-order valence-corrected chi connectivity index (χ4v) is 20.2. The first-order valence-electron chi connectivity index (χ1n) is 37.6. The van der Waals surface area contributed by atoms with Crippen LogP contribution >= 0.6 is 68.0 Å².